The van der Waals surface area contributed by atoms with Gasteiger partial charge in [-0.3, -0.25) is 0 Å². The zero-order valence-corrected chi connectivity index (χ0v) is 14.7. The molecule has 0 unspecified atom stereocenters. The predicted octanol–water partition coefficient (Wildman–Crippen LogP) is 2.88. The molecule has 0 bridgehead atoms. The summed E-state index contributed by atoms with van der Waals surface area (Å²) in [4.78, 5) is 0.248. The average molecular weight is 373 g/mol. The minimum Gasteiger partial charge on any atom is -0.326 e. The van der Waals surface area contributed by atoms with Gasteiger partial charge in [0.1, 0.15) is 0 Å². The van der Waals surface area contributed by atoms with E-state index in [4.69, 9.17) is 17.3 Å². The molecule has 0 spiro atoms. The first kappa shape index (κ1) is 18.2. The lowest BCUT2D eigenvalue weighted by Gasteiger charge is -2.16. The van der Waals surface area contributed by atoms with Gasteiger partial charge in [-0.25, -0.2) is 8.42 Å². The topological polar surface area (TPSA) is 63.4 Å². The summed E-state index contributed by atoms with van der Waals surface area (Å²) in [5, 5.41) is 0.513. The van der Waals surface area contributed by atoms with E-state index >= 15 is 0 Å². The molecule has 7 heteroatoms. The van der Waals surface area contributed by atoms with Crippen LogP contribution in [0.1, 0.15) is 11.5 Å². The lowest BCUT2D eigenvalue weighted by molar-refractivity contribution is 0.470. The molecule has 1 fully saturated rings. The monoisotopic (exact) mass is 372 g/mol. The van der Waals surface area contributed by atoms with Crippen molar-refractivity contribution >= 4 is 34.0 Å². The van der Waals surface area contributed by atoms with Crippen molar-refractivity contribution in [3.05, 3.63) is 65.2 Å². The molecule has 3 rings (SSSR count). The Morgan fingerprint density at radius 1 is 1.00 bits per heavy atom. The fraction of sp³-hybridized carbons (Fsp3) is 0.250. The van der Waals surface area contributed by atoms with Crippen molar-refractivity contribution in [3.8, 4) is 0 Å². The fourth-order valence-electron chi connectivity index (χ4n) is 2.80. The highest BCUT2D eigenvalue weighted by Crippen LogP contribution is 2.30. The van der Waals surface area contributed by atoms with E-state index in [9.17, 15) is 8.42 Å². The van der Waals surface area contributed by atoms with E-state index in [0.717, 1.165) is 5.56 Å². The highest BCUT2D eigenvalue weighted by atomic mass is 35.5. The van der Waals surface area contributed by atoms with Gasteiger partial charge in [-0.05, 0) is 29.8 Å². The SMILES string of the molecule is Cl.N[C@@H]1CN(S(=O)(=O)c2ccc(Cl)cc2)C[C@H]1c1ccccc1. The highest BCUT2D eigenvalue weighted by Gasteiger charge is 2.38. The number of halogens is 2. The van der Waals surface area contributed by atoms with Crippen molar-refractivity contribution in [2.75, 3.05) is 13.1 Å². The third-order valence-electron chi connectivity index (χ3n) is 4.01. The molecule has 1 aliphatic rings. The van der Waals surface area contributed by atoms with Crippen LogP contribution in [0.2, 0.25) is 5.02 Å². The first-order chi connectivity index (χ1) is 10.5. The first-order valence-electron chi connectivity index (χ1n) is 7.05. The van der Waals surface area contributed by atoms with Gasteiger partial charge >= 0.3 is 0 Å². The van der Waals surface area contributed by atoms with Crippen molar-refractivity contribution in [1.29, 1.82) is 0 Å². The Bertz CT molecular complexity index is 751. The second kappa shape index (κ2) is 7.20. The van der Waals surface area contributed by atoms with Crippen LogP contribution in [0.25, 0.3) is 0 Å². The van der Waals surface area contributed by atoms with E-state index < -0.39 is 10.0 Å². The van der Waals surface area contributed by atoms with E-state index in [-0.39, 0.29) is 29.3 Å². The molecule has 2 atom stereocenters. The Kier molecular flexibility index (Phi) is 5.70. The normalized spacial score (nSPS) is 21.8. The van der Waals surface area contributed by atoms with Crippen LogP contribution >= 0.6 is 24.0 Å². The van der Waals surface area contributed by atoms with Crippen molar-refractivity contribution in [2.24, 2.45) is 5.73 Å². The summed E-state index contributed by atoms with van der Waals surface area (Å²) in [5.74, 6) is 0.0169. The van der Waals surface area contributed by atoms with Crippen LogP contribution in [0.4, 0.5) is 0 Å². The van der Waals surface area contributed by atoms with Gasteiger partial charge in [0, 0.05) is 30.1 Å². The van der Waals surface area contributed by atoms with Crippen LogP contribution in [0, 0.1) is 0 Å². The maximum absolute atomic E-state index is 12.7. The molecule has 0 saturated carbocycles. The summed E-state index contributed by atoms with van der Waals surface area (Å²) in [6, 6.07) is 15.8. The number of benzene rings is 2. The quantitative estimate of drug-likeness (QED) is 0.900. The van der Waals surface area contributed by atoms with Gasteiger partial charge in [-0.2, -0.15) is 4.31 Å². The Balaban J connectivity index is 0.00000192. The third kappa shape index (κ3) is 3.70. The van der Waals surface area contributed by atoms with Crippen molar-refractivity contribution < 1.29 is 8.42 Å². The van der Waals surface area contributed by atoms with Crippen LogP contribution in [0.15, 0.2) is 59.5 Å². The van der Waals surface area contributed by atoms with Gasteiger partial charge in [-0.15, -0.1) is 12.4 Å². The average Bonchev–Trinajstić information content (AvgIpc) is 2.91. The molecule has 1 aliphatic heterocycles. The zero-order chi connectivity index (χ0) is 15.7. The highest BCUT2D eigenvalue weighted by molar-refractivity contribution is 7.89. The van der Waals surface area contributed by atoms with E-state index in [1.165, 1.54) is 16.4 Å². The summed E-state index contributed by atoms with van der Waals surface area (Å²) >= 11 is 5.82. The molecular weight excluding hydrogens is 355 g/mol. The zero-order valence-electron chi connectivity index (χ0n) is 12.3. The third-order valence-corrected chi connectivity index (χ3v) is 6.11. The van der Waals surface area contributed by atoms with Crippen molar-refractivity contribution in [2.45, 2.75) is 16.9 Å². The second-order valence-corrected chi connectivity index (χ2v) is 7.83. The standard InChI is InChI=1S/C16H17ClN2O2S.ClH/c17-13-6-8-14(9-7-13)22(20,21)19-10-15(16(18)11-19)12-4-2-1-3-5-12;/h1-9,15-16H,10-11,18H2;1H/t15-,16+;/m0./s1. The van der Waals surface area contributed by atoms with Crippen LogP contribution in [0.5, 0.6) is 0 Å². The van der Waals surface area contributed by atoms with E-state index in [2.05, 4.69) is 0 Å². The largest absolute Gasteiger partial charge is 0.326 e. The maximum Gasteiger partial charge on any atom is 0.243 e. The minimum absolute atomic E-state index is 0. The molecule has 1 heterocycles. The molecule has 2 aromatic rings. The van der Waals surface area contributed by atoms with E-state index in [1.807, 2.05) is 30.3 Å². The van der Waals surface area contributed by atoms with Gasteiger partial charge in [0.2, 0.25) is 10.0 Å². The number of hydrogen-bond donors (Lipinski definition) is 1. The van der Waals surface area contributed by atoms with Crippen molar-refractivity contribution in [1.82, 2.24) is 4.31 Å². The van der Waals surface area contributed by atoms with E-state index in [0.29, 0.717) is 18.1 Å². The lowest BCUT2D eigenvalue weighted by atomic mass is 9.95. The van der Waals surface area contributed by atoms with E-state index in [1.54, 1.807) is 12.1 Å². The lowest BCUT2D eigenvalue weighted by Crippen LogP contribution is -2.32. The van der Waals surface area contributed by atoms with Crippen LogP contribution < -0.4 is 5.73 Å². The molecule has 2 aromatic carbocycles. The summed E-state index contributed by atoms with van der Waals surface area (Å²) in [6.07, 6.45) is 0. The fourth-order valence-corrected chi connectivity index (χ4v) is 4.43. The number of rotatable bonds is 3. The van der Waals surface area contributed by atoms with Gasteiger partial charge < -0.3 is 5.73 Å². The summed E-state index contributed by atoms with van der Waals surface area (Å²) in [6.45, 7) is 0.723. The molecular formula is C16H18Cl2N2O2S. The van der Waals surface area contributed by atoms with Gasteiger partial charge in [0.15, 0.2) is 0 Å². The molecule has 4 nitrogen and oxygen atoms in total. The molecule has 2 N–H and O–H groups in total. The van der Waals surface area contributed by atoms with Crippen molar-refractivity contribution in [3.63, 3.8) is 0 Å². The second-order valence-electron chi connectivity index (χ2n) is 5.46. The Morgan fingerprint density at radius 2 is 1.61 bits per heavy atom. The molecule has 23 heavy (non-hydrogen) atoms. The van der Waals surface area contributed by atoms with Crippen LogP contribution in [-0.4, -0.2) is 31.9 Å². The maximum atomic E-state index is 12.7. The molecule has 0 aliphatic carbocycles. The van der Waals surface area contributed by atoms with Gasteiger partial charge in [0.25, 0.3) is 0 Å². The molecule has 124 valence electrons. The Labute approximate surface area is 147 Å². The molecule has 0 radical (unpaired) electrons. The Hall–Kier alpha value is -1.11. The summed E-state index contributed by atoms with van der Waals surface area (Å²) in [7, 11) is -3.53. The summed E-state index contributed by atoms with van der Waals surface area (Å²) < 4.78 is 26.8. The number of nitrogens with zero attached hydrogens (tertiary/aromatic N) is 1. The number of nitrogens with two attached hydrogens (primary N) is 1. The van der Waals surface area contributed by atoms with Crippen LogP contribution in [0.3, 0.4) is 0 Å². The van der Waals surface area contributed by atoms with Crippen LogP contribution in [-0.2, 0) is 10.0 Å². The molecule has 1 saturated heterocycles. The molecule has 0 aromatic heterocycles. The predicted molar refractivity (Wildman–Crippen MR) is 94.6 cm³/mol. The molecule has 0 amide bonds. The smallest absolute Gasteiger partial charge is 0.243 e. The minimum atomic E-state index is -3.53. The first-order valence-corrected chi connectivity index (χ1v) is 8.86. The van der Waals surface area contributed by atoms with Gasteiger partial charge in [-0.1, -0.05) is 41.9 Å². The number of hydrogen-bond acceptors (Lipinski definition) is 3. The summed E-state index contributed by atoms with van der Waals surface area (Å²) in [5.41, 5.74) is 7.25. The van der Waals surface area contributed by atoms with Gasteiger partial charge in [0.05, 0.1) is 4.90 Å². The Morgan fingerprint density at radius 3 is 2.22 bits per heavy atom. The number of sulfonamides is 1.